The van der Waals surface area contributed by atoms with E-state index in [4.69, 9.17) is 11.0 Å². The van der Waals surface area contributed by atoms with Crippen molar-refractivity contribution in [2.45, 2.75) is 0 Å². The van der Waals surface area contributed by atoms with Gasteiger partial charge in [0.05, 0.1) is 11.3 Å². The molecule has 0 aliphatic carbocycles. The molecular formula is C16H12N4. The number of anilines is 3. The zero-order valence-electron chi connectivity index (χ0n) is 10.7. The van der Waals surface area contributed by atoms with Gasteiger partial charge < -0.3 is 11.1 Å². The SMILES string of the molecule is N#Cc1ccccc1Nc1ccc(N)c2ccncc12. The molecule has 0 spiro atoms. The predicted molar refractivity (Wildman–Crippen MR) is 80.6 cm³/mol. The second-order valence-corrected chi connectivity index (χ2v) is 4.41. The summed E-state index contributed by atoms with van der Waals surface area (Å²) in [4.78, 5) is 4.14. The molecule has 4 nitrogen and oxygen atoms in total. The minimum Gasteiger partial charge on any atom is -0.398 e. The number of rotatable bonds is 2. The van der Waals surface area contributed by atoms with E-state index in [1.807, 2.05) is 36.4 Å². The Balaban J connectivity index is 2.12. The van der Waals surface area contributed by atoms with E-state index in [0.29, 0.717) is 11.3 Å². The van der Waals surface area contributed by atoms with Crippen LogP contribution in [-0.2, 0) is 0 Å². The van der Waals surface area contributed by atoms with Gasteiger partial charge in [0.2, 0.25) is 0 Å². The number of benzene rings is 2. The van der Waals surface area contributed by atoms with E-state index >= 15 is 0 Å². The number of hydrogen-bond donors (Lipinski definition) is 2. The van der Waals surface area contributed by atoms with Gasteiger partial charge in [0, 0.05) is 34.5 Å². The lowest BCUT2D eigenvalue weighted by Gasteiger charge is -2.12. The van der Waals surface area contributed by atoms with Crippen molar-refractivity contribution in [3.05, 3.63) is 60.4 Å². The van der Waals surface area contributed by atoms with E-state index in [1.54, 1.807) is 18.5 Å². The maximum Gasteiger partial charge on any atom is 0.101 e. The molecule has 0 saturated carbocycles. The minimum absolute atomic E-state index is 0.598. The molecule has 3 N–H and O–H groups in total. The Labute approximate surface area is 116 Å². The average Bonchev–Trinajstić information content (AvgIpc) is 2.51. The number of fused-ring (bicyclic) bond motifs is 1. The first-order valence-electron chi connectivity index (χ1n) is 6.18. The van der Waals surface area contributed by atoms with Gasteiger partial charge in [-0.2, -0.15) is 5.26 Å². The topological polar surface area (TPSA) is 74.7 Å². The fraction of sp³-hybridized carbons (Fsp3) is 0. The number of pyridine rings is 1. The number of aromatic nitrogens is 1. The van der Waals surface area contributed by atoms with Gasteiger partial charge in [-0.3, -0.25) is 4.98 Å². The highest BCUT2D eigenvalue weighted by molar-refractivity contribution is 6.01. The highest BCUT2D eigenvalue weighted by Gasteiger charge is 2.06. The van der Waals surface area contributed by atoms with Crippen LogP contribution in [-0.4, -0.2) is 4.98 Å². The van der Waals surface area contributed by atoms with Crippen molar-refractivity contribution in [2.24, 2.45) is 0 Å². The van der Waals surface area contributed by atoms with Gasteiger partial charge in [-0.25, -0.2) is 0 Å². The van der Waals surface area contributed by atoms with Crippen LogP contribution in [0.2, 0.25) is 0 Å². The zero-order valence-corrected chi connectivity index (χ0v) is 10.7. The summed E-state index contributed by atoms with van der Waals surface area (Å²) in [6, 6.07) is 15.2. The van der Waals surface area contributed by atoms with Crippen LogP contribution in [0.25, 0.3) is 10.8 Å². The quantitative estimate of drug-likeness (QED) is 0.692. The van der Waals surface area contributed by atoms with Gasteiger partial charge in [-0.1, -0.05) is 12.1 Å². The van der Waals surface area contributed by atoms with Crippen molar-refractivity contribution in [2.75, 3.05) is 11.1 Å². The second-order valence-electron chi connectivity index (χ2n) is 4.41. The summed E-state index contributed by atoms with van der Waals surface area (Å²) in [6.07, 6.45) is 3.48. The maximum atomic E-state index is 9.13. The third-order valence-electron chi connectivity index (χ3n) is 3.17. The van der Waals surface area contributed by atoms with E-state index in [0.717, 1.165) is 22.1 Å². The standard InChI is InChI=1S/C16H12N4/c17-9-11-3-1-2-4-15(11)20-16-6-5-14(18)12-7-8-19-10-13(12)16/h1-8,10,20H,18H2. The lowest BCUT2D eigenvalue weighted by Crippen LogP contribution is -1.96. The van der Waals surface area contributed by atoms with E-state index in [2.05, 4.69) is 16.4 Å². The Morgan fingerprint density at radius 3 is 2.70 bits per heavy atom. The molecule has 0 aliphatic heterocycles. The summed E-state index contributed by atoms with van der Waals surface area (Å²) in [6.45, 7) is 0. The van der Waals surface area contributed by atoms with Crippen molar-refractivity contribution in [1.82, 2.24) is 4.98 Å². The first kappa shape index (κ1) is 12.0. The largest absolute Gasteiger partial charge is 0.398 e. The first-order chi connectivity index (χ1) is 9.79. The summed E-state index contributed by atoms with van der Waals surface area (Å²) in [5.74, 6) is 0. The van der Waals surface area contributed by atoms with Crippen LogP contribution in [0.5, 0.6) is 0 Å². The molecule has 0 fully saturated rings. The Hall–Kier alpha value is -3.06. The molecule has 3 aromatic rings. The van der Waals surface area contributed by atoms with E-state index < -0.39 is 0 Å². The van der Waals surface area contributed by atoms with Crippen molar-refractivity contribution in [3.8, 4) is 6.07 Å². The normalized spacial score (nSPS) is 10.2. The fourth-order valence-corrected chi connectivity index (χ4v) is 2.16. The molecule has 20 heavy (non-hydrogen) atoms. The Kier molecular flexibility index (Phi) is 2.94. The van der Waals surface area contributed by atoms with Crippen molar-refractivity contribution < 1.29 is 0 Å². The third-order valence-corrected chi connectivity index (χ3v) is 3.17. The smallest absolute Gasteiger partial charge is 0.101 e. The molecule has 1 heterocycles. The highest BCUT2D eigenvalue weighted by atomic mass is 14.9. The predicted octanol–water partition coefficient (Wildman–Crippen LogP) is 3.43. The molecule has 0 saturated heterocycles. The molecule has 4 heteroatoms. The van der Waals surface area contributed by atoms with Crippen molar-refractivity contribution in [1.29, 1.82) is 5.26 Å². The Morgan fingerprint density at radius 2 is 1.85 bits per heavy atom. The fourth-order valence-electron chi connectivity index (χ4n) is 2.16. The number of nitrogens with zero attached hydrogens (tertiary/aromatic N) is 2. The molecule has 0 bridgehead atoms. The summed E-state index contributed by atoms with van der Waals surface area (Å²) in [5.41, 5.74) is 8.92. The number of nitrogens with one attached hydrogen (secondary N) is 1. The van der Waals surface area contributed by atoms with Crippen LogP contribution in [0.1, 0.15) is 5.56 Å². The zero-order chi connectivity index (χ0) is 13.9. The molecule has 96 valence electrons. The van der Waals surface area contributed by atoms with E-state index in [9.17, 15) is 0 Å². The number of hydrogen-bond acceptors (Lipinski definition) is 4. The molecular weight excluding hydrogens is 248 g/mol. The van der Waals surface area contributed by atoms with Crippen LogP contribution < -0.4 is 11.1 Å². The van der Waals surface area contributed by atoms with Gasteiger partial charge in [0.1, 0.15) is 6.07 Å². The van der Waals surface area contributed by atoms with Crippen LogP contribution in [0, 0.1) is 11.3 Å². The molecule has 0 unspecified atom stereocenters. The van der Waals surface area contributed by atoms with Gasteiger partial charge in [0.25, 0.3) is 0 Å². The molecule has 3 rings (SSSR count). The monoisotopic (exact) mass is 260 g/mol. The van der Waals surface area contributed by atoms with E-state index in [1.165, 1.54) is 0 Å². The van der Waals surface area contributed by atoms with Crippen LogP contribution in [0.3, 0.4) is 0 Å². The van der Waals surface area contributed by atoms with Crippen LogP contribution in [0.4, 0.5) is 17.1 Å². The number of nitrogen functional groups attached to an aromatic ring is 1. The highest BCUT2D eigenvalue weighted by Crippen LogP contribution is 2.30. The second kappa shape index (κ2) is 4.90. The molecule has 0 radical (unpaired) electrons. The summed E-state index contributed by atoms with van der Waals surface area (Å²) in [7, 11) is 0. The molecule has 2 aromatic carbocycles. The van der Waals surface area contributed by atoms with Gasteiger partial charge >= 0.3 is 0 Å². The molecule has 0 amide bonds. The average molecular weight is 260 g/mol. The summed E-state index contributed by atoms with van der Waals surface area (Å²) < 4.78 is 0. The lowest BCUT2D eigenvalue weighted by molar-refractivity contribution is 1.36. The van der Waals surface area contributed by atoms with Crippen molar-refractivity contribution >= 4 is 27.8 Å². The number of para-hydroxylation sites is 1. The maximum absolute atomic E-state index is 9.13. The number of nitrogens with two attached hydrogens (primary N) is 1. The molecule has 0 atom stereocenters. The third kappa shape index (κ3) is 2.02. The minimum atomic E-state index is 0.598. The lowest BCUT2D eigenvalue weighted by atomic mass is 10.1. The Morgan fingerprint density at radius 1 is 1.00 bits per heavy atom. The van der Waals surface area contributed by atoms with Crippen LogP contribution in [0.15, 0.2) is 54.9 Å². The molecule has 0 aliphatic rings. The van der Waals surface area contributed by atoms with Gasteiger partial charge in [-0.15, -0.1) is 0 Å². The molecule has 1 aromatic heterocycles. The Bertz CT molecular complexity index is 818. The van der Waals surface area contributed by atoms with E-state index in [-0.39, 0.29) is 0 Å². The summed E-state index contributed by atoms with van der Waals surface area (Å²) >= 11 is 0. The summed E-state index contributed by atoms with van der Waals surface area (Å²) in [5, 5.41) is 14.3. The first-order valence-corrected chi connectivity index (χ1v) is 6.18. The van der Waals surface area contributed by atoms with Gasteiger partial charge in [0.15, 0.2) is 0 Å². The number of nitriles is 1. The van der Waals surface area contributed by atoms with Crippen molar-refractivity contribution in [3.63, 3.8) is 0 Å². The van der Waals surface area contributed by atoms with Gasteiger partial charge in [-0.05, 0) is 30.3 Å². The van der Waals surface area contributed by atoms with Crippen LogP contribution >= 0.6 is 0 Å².